The Morgan fingerprint density at radius 2 is 1.70 bits per heavy atom. The maximum atomic E-state index is 12.2. The van der Waals surface area contributed by atoms with E-state index < -0.39 is 5.76 Å². The van der Waals surface area contributed by atoms with Crippen molar-refractivity contribution in [1.82, 2.24) is 0 Å². The van der Waals surface area contributed by atoms with Crippen LogP contribution in [0.15, 0.2) is 53.4 Å². The third kappa shape index (κ3) is 5.56. The van der Waals surface area contributed by atoms with Gasteiger partial charge in [-0.05, 0) is 42.0 Å². The lowest BCUT2D eigenvalue weighted by molar-refractivity contribution is -0.115. The highest BCUT2D eigenvalue weighted by molar-refractivity contribution is 7.99. The highest BCUT2D eigenvalue weighted by atomic mass is 32.2. The first-order valence-corrected chi connectivity index (χ1v) is 7.93. The average Bonchev–Trinajstić information content (AvgIpc) is 2.49. The van der Waals surface area contributed by atoms with E-state index in [9.17, 15) is 13.6 Å². The highest BCUT2D eigenvalue weighted by Crippen LogP contribution is 2.26. The van der Waals surface area contributed by atoms with E-state index in [1.807, 2.05) is 43.3 Å². The molecule has 1 amide bonds. The van der Waals surface area contributed by atoms with E-state index in [1.54, 1.807) is 24.3 Å². The van der Waals surface area contributed by atoms with Gasteiger partial charge in [-0.1, -0.05) is 23.9 Å². The van der Waals surface area contributed by atoms with Crippen molar-refractivity contribution in [2.24, 2.45) is 0 Å². The summed E-state index contributed by atoms with van der Waals surface area (Å²) in [4.78, 5) is 14.5. The SMILES string of the molecule is CN(C)c1ccc(CC(=O)Nc2ccc(SC(F)F)cc2)cc1. The van der Waals surface area contributed by atoms with Gasteiger partial charge in [0.15, 0.2) is 0 Å². The van der Waals surface area contributed by atoms with E-state index in [0.717, 1.165) is 11.3 Å². The first-order valence-electron chi connectivity index (χ1n) is 7.05. The lowest BCUT2D eigenvalue weighted by Crippen LogP contribution is -2.14. The molecule has 0 radical (unpaired) electrons. The summed E-state index contributed by atoms with van der Waals surface area (Å²) >= 11 is 0.482. The number of alkyl halides is 2. The number of amides is 1. The van der Waals surface area contributed by atoms with Crippen molar-refractivity contribution in [2.75, 3.05) is 24.3 Å². The standard InChI is InChI=1S/C17H18F2N2OS/c1-21(2)14-7-3-12(4-8-14)11-16(22)20-13-5-9-15(10-6-13)23-17(18)19/h3-10,17H,11H2,1-2H3,(H,20,22). The van der Waals surface area contributed by atoms with E-state index in [4.69, 9.17) is 0 Å². The van der Waals surface area contributed by atoms with Gasteiger partial charge in [-0.25, -0.2) is 0 Å². The molecule has 3 nitrogen and oxygen atoms in total. The van der Waals surface area contributed by atoms with Crippen molar-refractivity contribution >= 4 is 29.0 Å². The molecule has 0 spiro atoms. The van der Waals surface area contributed by atoms with Crippen LogP contribution in [0.5, 0.6) is 0 Å². The third-order valence-corrected chi connectivity index (χ3v) is 3.90. The van der Waals surface area contributed by atoms with Gasteiger partial charge in [0, 0.05) is 30.4 Å². The Labute approximate surface area is 138 Å². The zero-order chi connectivity index (χ0) is 16.8. The fourth-order valence-corrected chi connectivity index (χ4v) is 2.52. The first-order chi connectivity index (χ1) is 10.9. The van der Waals surface area contributed by atoms with Crippen LogP contribution in [-0.2, 0) is 11.2 Å². The van der Waals surface area contributed by atoms with Crippen LogP contribution in [0, 0.1) is 0 Å². The van der Waals surface area contributed by atoms with E-state index in [-0.39, 0.29) is 12.3 Å². The van der Waals surface area contributed by atoms with Crippen molar-refractivity contribution in [3.8, 4) is 0 Å². The highest BCUT2D eigenvalue weighted by Gasteiger charge is 2.07. The quantitative estimate of drug-likeness (QED) is 0.801. The van der Waals surface area contributed by atoms with Gasteiger partial charge < -0.3 is 10.2 Å². The minimum absolute atomic E-state index is 0.142. The number of nitrogens with zero attached hydrogens (tertiary/aromatic N) is 1. The van der Waals surface area contributed by atoms with Gasteiger partial charge in [0.1, 0.15) is 0 Å². The van der Waals surface area contributed by atoms with Gasteiger partial charge >= 0.3 is 0 Å². The summed E-state index contributed by atoms with van der Waals surface area (Å²) in [6.45, 7) is 0. The van der Waals surface area contributed by atoms with Crippen molar-refractivity contribution < 1.29 is 13.6 Å². The Morgan fingerprint density at radius 3 is 2.22 bits per heavy atom. The van der Waals surface area contributed by atoms with E-state index >= 15 is 0 Å². The van der Waals surface area contributed by atoms with Gasteiger partial charge in [-0.15, -0.1) is 0 Å². The zero-order valence-corrected chi connectivity index (χ0v) is 13.7. The molecule has 0 saturated heterocycles. The van der Waals surface area contributed by atoms with Crippen LogP contribution in [0.1, 0.15) is 5.56 Å². The molecule has 0 atom stereocenters. The van der Waals surface area contributed by atoms with Gasteiger partial charge in [0.2, 0.25) is 5.91 Å². The van der Waals surface area contributed by atoms with E-state index in [0.29, 0.717) is 22.3 Å². The van der Waals surface area contributed by atoms with Crippen molar-refractivity contribution in [3.63, 3.8) is 0 Å². The maximum Gasteiger partial charge on any atom is 0.288 e. The minimum Gasteiger partial charge on any atom is -0.378 e. The van der Waals surface area contributed by atoms with Crippen LogP contribution in [0.3, 0.4) is 0 Å². The molecule has 0 fully saturated rings. The van der Waals surface area contributed by atoms with Crippen molar-refractivity contribution in [1.29, 1.82) is 0 Å². The first kappa shape index (κ1) is 17.3. The number of thioether (sulfide) groups is 1. The number of halogens is 2. The van der Waals surface area contributed by atoms with Crippen LogP contribution in [0.25, 0.3) is 0 Å². The number of anilines is 2. The summed E-state index contributed by atoms with van der Waals surface area (Å²) < 4.78 is 24.5. The molecule has 0 aliphatic rings. The second kappa shape index (κ2) is 7.97. The van der Waals surface area contributed by atoms with Gasteiger partial charge in [-0.2, -0.15) is 8.78 Å². The molecule has 6 heteroatoms. The number of carbonyl (C=O) groups excluding carboxylic acids is 1. The Kier molecular flexibility index (Phi) is 5.98. The second-order valence-electron chi connectivity index (χ2n) is 5.19. The average molecular weight is 336 g/mol. The maximum absolute atomic E-state index is 12.2. The topological polar surface area (TPSA) is 32.3 Å². The predicted octanol–water partition coefficient (Wildman–Crippen LogP) is 4.25. The summed E-state index contributed by atoms with van der Waals surface area (Å²) in [7, 11) is 3.91. The zero-order valence-electron chi connectivity index (χ0n) is 12.9. The smallest absolute Gasteiger partial charge is 0.288 e. The Morgan fingerprint density at radius 1 is 1.09 bits per heavy atom. The molecule has 0 bridgehead atoms. The van der Waals surface area contributed by atoms with Crippen molar-refractivity contribution in [2.45, 2.75) is 17.1 Å². The largest absolute Gasteiger partial charge is 0.378 e. The summed E-state index contributed by atoms with van der Waals surface area (Å²) in [5.41, 5.74) is 2.58. The Balaban J connectivity index is 1.91. The summed E-state index contributed by atoms with van der Waals surface area (Å²) in [5, 5.41) is 2.76. The lowest BCUT2D eigenvalue weighted by Gasteiger charge is -2.12. The molecule has 23 heavy (non-hydrogen) atoms. The van der Waals surface area contributed by atoms with Gasteiger partial charge in [0.05, 0.1) is 6.42 Å². The Hall–Kier alpha value is -2.08. The summed E-state index contributed by atoms with van der Waals surface area (Å²) in [6.07, 6.45) is 0.265. The number of hydrogen-bond donors (Lipinski definition) is 1. The fraction of sp³-hybridized carbons (Fsp3) is 0.235. The Bertz CT molecular complexity index is 643. The van der Waals surface area contributed by atoms with Crippen LogP contribution < -0.4 is 10.2 Å². The number of nitrogens with one attached hydrogen (secondary N) is 1. The summed E-state index contributed by atoms with van der Waals surface area (Å²) in [6, 6.07) is 14.1. The molecule has 0 heterocycles. The van der Waals surface area contributed by atoms with Crippen molar-refractivity contribution in [3.05, 3.63) is 54.1 Å². The number of benzene rings is 2. The summed E-state index contributed by atoms with van der Waals surface area (Å²) in [5.74, 6) is -2.59. The molecule has 2 aromatic rings. The molecule has 1 N–H and O–H groups in total. The molecule has 122 valence electrons. The molecular formula is C17H18F2N2OS. The monoisotopic (exact) mass is 336 g/mol. The van der Waals surface area contributed by atoms with Crippen LogP contribution >= 0.6 is 11.8 Å². The predicted molar refractivity (Wildman–Crippen MR) is 91.4 cm³/mol. The van der Waals surface area contributed by atoms with Gasteiger partial charge in [-0.3, -0.25) is 4.79 Å². The van der Waals surface area contributed by atoms with Gasteiger partial charge in [0.25, 0.3) is 5.76 Å². The number of carbonyl (C=O) groups is 1. The molecule has 0 aliphatic heterocycles. The lowest BCUT2D eigenvalue weighted by atomic mass is 10.1. The van der Waals surface area contributed by atoms with E-state index in [2.05, 4.69) is 5.32 Å². The fourth-order valence-electron chi connectivity index (χ4n) is 2.02. The molecular weight excluding hydrogens is 318 g/mol. The molecule has 0 aromatic heterocycles. The number of rotatable bonds is 6. The third-order valence-electron chi connectivity index (χ3n) is 3.18. The minimum atomic E-state index is -2.44. The molecule has 2 rings (SSSR count). The van der Waals surface area contributed by atoms with Crippen LogP contribution in [0.2, 0.25) is 0 Å². The molecule has 2 aromatic carbocycles. The van der Waals surface area contributed by atoms with Crippen LogP contribution in [-0.4, -0.2) is 25.8 Å². The number of hydrogen-bond acceptors (Lipinski definition) is 3. The van der Waals surface area contributed by atoms with Crippen LogP contribution in [0.4, 0.5) is 20.2 Å². The molecule has 0 aliphatic carbocycles. The normalized spacial score (nSPS) is 10.7. The molecule has 0 saturated carbocycles. The second-order valence-corrected chi connectivity index (χ2v) is 6.25. The molecule has 0 unspecified atom stereocenters. The van der Waals surface area contributed by atoms with E-state index in [1.165, 1.54) is 0 Å².